The van der Waals surface area contributed by atoms with Crippen molar-refractivity contribution in [1.29, 1.82) is 0 Å². The molecule has 1 aliphatic carbocycles. The number of thiophene rings is 1. The molecule has 1 saturated carbocycles. The van der Waals surface area contributed by atoms with Gasteiger partial charge in [-0.25, -0.2) is 4.79 Å². The number of ether oxygens (including phenoxy) is 1. The van der Waals surface area contributed by atoms with E-state index in [4.69, 9.17) is 10.5 Å². The summed E-state index contributed by atoms with van der Waals surface area (Å²) in [5.41, 5.74) is 6.29. The number of carbonyl (C=O) groups is 2. The fourth-order valence-corrected chi connectivity index (χ4v) is 5.76. The van der Waals surface area contributed by atoms with Crippen molar-refractivity contribution in [3.63, 3.8) is 0 Å². The molecule has 0 saturated heterocycles. The second kappa shape index (κ2) is 8.81. The van der Waals surface area contributed by atoms with Gasteiger partial charge in [-0.05, 0) is 57.3 Å². The number of hydrogen-bond donors (Lipinski definition) is 1. The molecule has 4 rings (SSSR count). The summed E-state index contributed by atoms with van der Waals surface area (Å²) in [6.45, 7) is 0. The number of esters is 1. The Labute approximate surface area is 186 Å². The summed E-state index contributed by atoms with van der Waals surface area (Å²) in [6.07, 6.45) is 2.41. The summed E-state index contributed by atoms with van der Waals surface area (Å²) in [5, 5.41) is 2.65. The van der Waals surface area contributed by atoms with E-state index < -0.39 is 17.5 Å². The number of benzene rings is 2. The molecule has 1 unspecified atom stereocenters. The highest BCUT2D eigenvalue weighted by molar-refractivity contribution is 7.17. The largest absolute Gasteiger partial charge is 0.445 e. The predicted octanol–water partition coefficient (Wildman–Crippen LogP) is 4.78. The number of primary amides is 1. The molecule has 0 bridgehead atoms. The zero-order valence-corrected chi connectivity index (χ0v) is 18.7. The van der Waals surface area contributed by atoms with Crippen molar-refractivity contribution in [2.75, 3.05) is 14.1 Å². The average molecular weight is 437 g/mol. The molecule has 2 N–H and O–H groups in total. The van der Waals surface area contributed by atoms with Crippen molar-refractivity contribution in [3.8, 4) is 0 Å². The number of fused-ring (bicyclic) bond motifs is 1. The number of nitrogens with zero attached hydrogens (tertiary/aromatic N) is 1. The quantitative estimate of drug-likeness (QED) is 0.565. The third kappa shape index (κ3) is 4.23. The van der Waals surface area contributed by atoms with Crippen LogP contribution in [0.3, 0.4) is 0 Å². The van der Waals surface area contributed by atoms with Crippen molar-refractivity contribution in [1.82, 2.24) is 4.90 Å². The van der Waals surface area contributed by atoms with Crippen molar-refractivity contribution in [2.45, 2.75) is 37.3 Å². The van der Waals surface area contributed by atoms with Crippen LogP contribution in [0.25, 0.3) is 10.1 Å². The lowest BCUT2D eigenvalue weighted by Crippen LogP contribution is -2.51. The molecule has 0 radical (unpaired) electrons. The maximum absolute atomic E-state index is 13.0. The van der Waals surface area contributed by atoms with E-state index in [1.54, 1.807) is 5.38 Å². The standard InChI is InChI=1S/C25H28N2O3S/c1-27(2)22(17-8-4-3-5-9-17)18-12-14-25(15-13-18,24(26)29)30-23(28)20-16-31-21-11-7-6-10-19(20)21/h3-11,16,18,22H,12-15H2,1-2H3,(H2,26,29). The highest BCUT2D eigenvalue weighted by atomic mass is 32.1. The Balaban J connectivity index is 1.52. The van der Waals surface area contributed by atoms with Crippen molar-refractivity contribution < 1.29 is 14.3 Å². The molecule has 1 atom stereocenters. The van der Waals surface area contributed by atoms with E-state index in [0.717, 1.165) is 22.9 Å². The Morgan fingerprint density at radius 2 is 1.71 bits per heavy atom. The number of amides is 1. The molecule has 31 heavy (non-hydrogen) atoms. The minimum Gasteiger partial charge on any atom is -0.445 e. The van der Waals surface area contributed by atoms with Crippen LogP contribution in [0.2, 0.25) is 0 Å². The van der Waals surface area contributed by atoms with Crippen molar-refractivity contribution in [3.05, 3.63) is 71.1 Å². The maximum Gasteiger partial charge on any atom is 0.340 e. The number of nitrogens with two attached hydrogens (primary N) is 1. The van der Waals surface area contributed by atoms with Gasteiger partial charge in [-0.15, -0.1) is 11.3 Å². The minimum atomic E-state index is -1.25. The second-order valence-electron chi connectivity index (χ2n) is 8.55. The van der Waals surface area contributed by atoms with Gasteiger partial charge in [0, 0.05) is 21.5 Å². The SMILES string of the molecule is CN(C)C(c1ccccc1)C1CCC(OC(=O)c2csc3ccccc23)(C(N)=O)CC1. The number of rotatable bonds is 6. The van der Waals surface area contributed by atoms with Crippen LogP contribution in [0, 0.1) is 5.92 Å². The highest BCUT2D eigenvalue weighted by Crippen LogP contribution is 2.43. The first-order valence-corrected chi connectivity index (χ1v) is 11.5. The number of hydrogen-bond acceptors (Lipinski definition) is 5. The van der Waals surface area contributed by atoms with E-state index in [9.17, 15) is 9.59 Å². The first kappa shape index (κ1) is 21.5. The summed E-state index contributed by atoms with van der Waals surface area (Å²) < 4.78 is 6.88. The first-order valence-electron chi connectivity index (χ1n) is 10.6. The molecule has 0 spiro atoms. The van der Waals surface area contributed by atoms with Crippen LogP contribution in [0.4, 0.5) is 0 Å². The van der Waals surface area contributed by atoms with Gasteiger partial charge in [0.1, 0.15) is 0 Å². The fourth-order valence-electron chi connectivity index (χ4n) is 4.83. The normalized spacial score (nSPS) is 22.4. The van der Waals surface area contributed by atoms with Crippen LogP contribution in [0.5, 0.6) is 0 Å². The zero-order valence-electron chi connectivity index (χ0n) is 17.9. The van der Waals surface area contributed by atoms with Crippen molar-refractivity contribution >= 4 is 33.3 Å². The van der Waals surface area contributed by atoms with Gasteiger partial charge in [0.25, 0.3) is 5.91 Å². The minimum absolute atomic E-state index is 0.239. The number of carbonyl (C=O) groups excluding carboxylic acids is 2. The van der Waals surface area contributed by atoms with Gasteiger partial charge in [0.05, 0.1) is 5.56 Å². The smallest absolute Gasteiger partial charge is 0.340 e. The van der Waals surface area contributed by atoms with Gasteiger partial charge in [-0.3, -0.25) is 4.79 Å². The molecule has 1 aromatic heterocycles. The van der Waals surface area contributed by atoms with Gasteiger partial charge < -0.3 is 15.4 Å². The van der Waals surface area contributed by atoms with E-state index in [1.807, 2.05) is 30.3 Å². The zero-order chi connectivity index (χ0) is 22.0. The topological polar surface area (TPSA) is 72.6 Å². The van der Waals surface area contributed by atoms with E-state index in [1.165, 1.54) is 16.9 Å². The molecular weight excluding hydrogens is 408 g/mol. The van der Waals surface area contributed by atoms with Gasteiger partial charge in [-0.2, -0.15) is 0 Å². The van der Waals surface area contributed by atoms with E-state index in [2.05, 4.69) is 43.3 Å². The van der Waals surface area contributed by atoms with Crippen molar-refractivity contribution in [2.24, 2.45) is 11.7 Å². The molecule has 2 aromatic carbocycles. The molecule has 5 nitrogen and oxygen atoms in total. The Hall–Kier alpha value is -2.70. The molecule has 3 aromatic rings. The predicted molar refractivity (Wildman–Crippen MR) is 124 cm³/mol. The first-order chi connectivity index (χ1) is 14.9. The molecular formula is C25H28N2O3S. The van der Waals surface area contributed by atoms with Gasteiger partial charge in [-0.1, -0.05) is 48.5 Å². The summed E-state index contributed by atoms with van der Waals surface area (Å²) >= 11 is 1.49. The summed E-state index contributed by atoms with van der Waals surface area (Å²) in [6, 6.07) is 18.3. The summed E-state index contributed by atoms with van der Waals surface area (Å²) in [4.78, 5) is 27.7. The third-order valence-electron chi connectivity index (χ3n) is 6.42. The van der Waals surface area contributed by atoms with Gasteiger partial charge >= 0.3 is 5.97 Å². The third-order valence-corrected chi connectivity index (χ3v) is 7.38. The lowest BCUT2D eigenvalue weighted by Gasteiger charge is -2.41. The maximum atomic E-state index is 13.0. The Bertz CT molecular complexity index is 1070. The Morgan fingerprint density at radius 3 is 2.35 bits per heavy atom. The summed E-state index contributed by atoms with van der Waals surface area (Å²) in [5.74, 6) is -0.674. The highest BCUT2D eigenvalue weighted by Gasteiger charge is 2.46. The molecule has 0 aliphatic heterocycles. The van der Waals surface area contributed by atoms with Gasteiger partial charge in [0.2, 0.25) is 0 Å². The van der Waals surface area contributed by atoms with Crippen LogP contribution < -0.4 is 5.73 Å². The molecule has 1 amide bonds. The van der Waals surface area contributed by atoms with Crippen LogP contribution in [0.1, 0.15) is 47.6 Å². The van der Waals surface area contributed by atoms with E-state index in [0.29, 0.717) is 24.3 Å². The molecule has 1 aliphatic rings. The average Bonchev–Trinajstić information content (AvgIpc) is 3.20. The lowest BCUT2D eigenvalue weighted by molar-refractivity contribution is -0.142. The molecule has 1 fully saturated rings. The van der Waals surface area contributed by atoms with E-state index in [-0.39, 0.29) is 6.04 Å². The van der Waals surface area contributed by atoms with Crippen LogP contribution in [-0.4, -0.2) is 36.5 Å². The van der Waals surface area contributed by atoms with E-state index >= 15 is 0 Å². The summed E-state index contributed by atoms with van der Waals surface area (Å²) in [7, 11) is 4.16. The molecule has 6 heteroatoms. The monoisotopic (exact) mass is 436 g/mol. The van der Waals surface area contributed by atoms with Gasteiger partial charge in [0.15, 0.2) is 5.60 Å². The Morgan fingerprint density at radius 1 is 1.06 bits per heavy atom. The lowest BCUT2D eigenvalue weighted by atomic mass is 9.73. The van der Waals surface area contributed by atoms with Crippen LogP contribution in [0.15, 0.2) is 60.0 Å². The Kier molecular flexibility index (Phi) is 6.12. The molecule has 1 heterocycles. The van der Waals surface area contributed by atoms with Crippen LogP contribution >= 0.6 is 11.3 Å². The molecule has 162 valence electrons. The van der Waals surface area contributed by atoms with Crippen LogP contribution in [-0.2, 0) is 9.53 Å². The fraction of sp³-hybridized carbons (Fsp3) is 0.360. The second-order valence-corrected chi connectivity index (χ2v) is 9.46.